The average Bonchev–Trinajstić information content (AvgIpc) is 3.07. The standard InChI is InChI=1S/C21H16N2O2S/c1-14-8-7-13-18-19(14)22-21(26-18)23-20(24)16-11-5-6-12-17(16)25-15-9-3-2-4-10-15/h2-13H,1H3,(H,22,23,24). The van der Waals surface area contributed by atoms with Crippen LogP contribution in [0.2, 0.25) is 0 Å². The van der Waals surface area contributed by atoms with Crippen molar-refractivity contribution in [1.82, 2.24) is 4.98 Å². The molecule has 26 heavy (non-hydrogen) atoms. The molecular weight excluding hydrogens is 344 g/mol. The van der Waals surface area contributed by atoms with Gasteiger partial charge in [-0.2, -0.15) is 0 Å². The van der Waals surface area contributed by atoms with E-state index >= 15 is 0 Å². The largest absolute Gasteiger partial charge is 0.457 e. The maximum Gasteiger partial charge on any atom is 0.261 e. The molecule has 0 bridgehead atoms. The number of carbonyl (C=O) groups excluding carboxylic acids is 1. The van der Waals surface area contributed by atoms with Crippen LogP contribution in [0.3, 0.4) is 0 Å². The molecule has 4 aromatic rings. The normalized spacial score (nSPS) is 10.7. The Morgan fingerprint density at radius 1 is 0.962 bits per heavy atom. The number of aromatic nitrogens is 1. The summed E-state index contributed by atoms with van der Waals surface area (Å²) in [7, 11) is 0. The Morgan fingerprint density at radius 2 is 1.73 bits per heavy atom. The summed E-state index contributed by atoms with van der Waals surface area (Å²) in [6.45, 7) is 2.01. The van der Waals surface area contributed by atoms with Gasteiger partial charge in [-0.3, -0.25) is 10.1 Å². The molecule has 0 saturated carbocycles. The third-order valence-electron chi connectivity index (χ3n) is 3.94. The maximum absolute atomic E-state index is 12.8. The van der Waals surface area contributed by atoms with Crippen LogP contribution in [0.1, 0.15) is 15.9 Å². The SMILES string of the molecule is Cc1cccc2sc(NC(=O)c3ccccc3Oc3ccccc3)nc12. The molecule has 0 fully saturated rings. The Hall–Kier alpha value is -3.18. The second-order valence-corrected chi connectivity index (χ2v) is 6.84. The van der Waals surface area contributed by atoms with Crippen LogP contribution in [0.4, 0.5) is 5.13 Å². The summed E-state index contributed by atoms with van der Waals surface area (Å²) < 4.78 is 6.92. The quantitative estimate of drug-likeness (QED) is 0.512. The third-order valence-corrected chi connectivity index (χ3v) is 4.88. The number of rotatable bonds is 4. The van der Waals surface area contributed by atoms with E-state index in [9.17, 15) is 4.79 Å². The van der Waals surface area contributed by atoms with Gasteiger partial charge in [0, 0.05) is 0 Å². The first-order chi connectivity index (χ1) is 12.7. The predicted octanol–water partition coefficient (Wildman–Crippen LogP) is 5.65. The lowest BCUT2D eigenvalue weighted by Gasteiger charge is -2.10. The third kappa shape index (κ3) is 3.30. The second-order valence-electron chi connectivity index (χ2n) is 5.81. The van der Waals surface area contributed by atoms with Gasteiger partial charge in [0.25, 0.3) is 5.91 Å². The highest BCUT2D eigenvalue weighted by atomic mass is 32.1. The van der Waals surface area contributed by atoms with E-state index in [-0.39, 0.29) is 5.91 Å². The molecular formula is C21H16N2O2S. The van der Waals surface area contributed by atoms with Gasteiger partial charge in [-0.25, -0.2) is 4.98 Å². The topological polar surface area (TPSA) is 51.2 Å². The smallest absolute Gasteiger partial charge is 0.261 e. The fourth-order valence-electron chi connectivity index (χ4n) is 2.66. The summed E-state index contributed by atoms with van der Waals surface area (Å²) in [4.78, 5) is 17.3. The van der Waals surface area contributed by atoms with Gasteiger partial charge in [-0.15, -0.1) is 0 Å². The molecule has 1 amide bonds. The first-order valence-corrected chi connectivity index (χ1v) is 9.02. The molecule has 1 N–H and O–H groups in total. The summed E-state index contributed by atoms with van der Waals surface area (Å²) in [5.41, 5.74) is 2.47. The van der Waals surface area contributed by atoms with E-state index in [4.69, 9.17) is 4.74 Å². The lowest BCUT2D eigenvalue weighted by atomic mass is 10.2. The summed E-state index contributed by atoms with van der Waals surface area (Å²) in [6.07, 6.45) is 0. The van der Waals surface area contributed by atoms with Crippen LogP contribution in [0.5, 0.6) is 11.5 Å². The Morgan fingerprint density at radius 3 is 2.54 bits per heavy atom. The molecule has 0 spiro atoms. The number of aryl methyl sites for hydroxylation is 1. The van der Waals surface area contributed by atoms with Crippen LogP contribution in [0.15, 0.2) is 72.8 Å². The molecule has 4 nitrogen and oxygen atoms in total. The van der Waals surface area contributed by atoms with Gasteiger partial charge < -0.3 is 4.74 Å². The van der Waals surface area contributed by atoms with E-state index in [2.05, 4.69) is 10.3 Å². The minimum Gasteiger partial charge on any atom is -0.457 e. The molecule has 128 valence electrons. The number of anilines is 1. The van der Waals surface area contributed by atoms with Crippen LogP contribution in [-0.4, -0.2) is 10.9 Å². The molecule has 1 heterocycles. The fourth-order valence-corrected chi connectivity index (χ4v) is 3.60. The molecule has 0 radical (unpaired) electrons. The number of nitrogens with one attached hydrogen (secondary N) is 1. The number of thiazole rings is 1. The molecule has 3 aromatic carbocycles. The van der Waals surface area contributed by atoms with Gasteiger partial charge in [0.1, 0.15) is 11.5 Å². The van der Waals surface area contributed by atoms with Gasteiger partial charge in [0.15, 0.2) is 5.13 Å². The molecule has 0 aliphatic rings. The average molecular weight is 360 g/mol. The number of carbonyl (C=O) groups is 1. The van der Waals surface area contributed by atoms with E-state index in [1.165, 1.54) is 11.3 Å². The van der Waals surface area contributed by atoms with Crippen molar-refractivity contribution in [3.63, 3.8) is 0 Å². The summed E-state index contributed by atoms with van der Waals surface area (Å²) in [5, 5.41) is 3.47. The van der Waals surface area contributed by atoms with Gasteiger partial charge in [0.2, 0.25) is 0 Å². The van der Waals surface area contributed by atoms with Crippen LogP contribution in [-0.2, 0) is 0 Å². The maximum atomic E-state index is 12.8. The lowest BCUT2D eigenvalue weighted by Crippen LogP contribution is -2.12. The number of fused-ring (bicyclic) bond motifs is 1. The highest BCUT2D eigenvalue weighted by Gasteiger charge is 2.15. The molecule has 0 saturated heterocycles. The Balaban J connectivity index is 1.61. The summed E-state index contributed by atoms with van der Waals surface area (Å²) in [6, 6.07) is 22.6. The van der Waals surface area contributed by atoms with E-state index < -0.39 is 0 Å². The monoisotopic (exact) mass is 360 g/mol. The van der Waals surface area contributed by atoms with Gasteiger partial charge in [0.05, 0.1) is 15.8 Å². The van der Waals surface area contributed by atoms with Gasteiger partial charge in [-0.05, 0) is 42.8 Å². The highest BCUT2D eigenvalue weighted by molar-refractivity contribution is 7.22. The number of benzene rings is 3. The van der Waals surface area contributed by atoms with Crippen molar-refractivity contribution in [2.75, 3.05) is 5.32 Å². The van der Waals surface area contributed by atoms with Crippen LogP contribution in [0, 0.1) is 6.92 Å². The Labute approximate surface area is 155 Å². The fraction of sp³-hybridized carbons (Fsp3) is 0.0476. The van der Waals surface area contributed by atoms with Crippen molar-refractivity contribution in [1.29, 1.82) is 0 Å². The number of para-hydroxylation sites is 3. The Bertz CT molecular complexity index is 1070. The van der Waals surface area contributed by atoms with E-state index in [0.717, 1.165) is 15.8 Å². The van der Waals surface area contributed by atoms with E-state index in [0.29, 0.717) is 22.2 Å². The number of hydrogen-bond acceptors (Lipinski definition) is 4. The molecule has 0 aliphatic carbocycles. The minimum atomic E-state index is -0.242. The second kappa shape index (κ2) is 6.98. The number of amides is 1. The molecule has 4 rings (SSSR count). The summed E-state index contributed by atoms with van der Waals surface area (Å²) in [5.74, 6) is 0.949. The van der Waals surface area contributed by atoms with Gasteiger partial charge >= 0.3 is 0 Å². The molecule has 0 aliphatic heterocycles. The number of nitrogens with zero attached hydrogens (tertiary/aromatic N) is 1. The molecule has 1 aromatic heterocycles. The van der Waals surface area contributed by atoms with Crippen molar-refractivity contribution < 1.29 is 9.53 Å². The molecule has 0 unspecified atom stereocenters. The first kappa shape index (κ1) is 16.3. The molecule has 0 atom stereocenters. The van der Waals surface area contributed by atoms with Crippen LogP contribution in [0.25, 0.3) is 10.2 Å². The van der Waals surface area contributed by atoms with Crippen molar-refractivity contribution >= 4 is 32.6 Å². The van der Waals surface area contributed by atoms with Crippen LogP contribution >= 0.6 is 11.3 Å². The van der Waals surface area contributed by atoms with Crippen molar-refractivity contribution in [2.24, 2.45) is 0 Å². The van der Waals surface area contributed by atoms with E-state index in [1.807, 2.05) is 67.6 Å². The van der Waals surface area contributed by atoms with Gasteiger partial charge in [-0.1, -0.05) is 53.8 Å². The number of ether oxygens (including phenoxy) is 1. The van der Waals surface area contributed by atoms with Crippen molar-refractivity contribution in [3.05, 3.63) is 83.9 Å². The zero-order valence-corrected chi connectivity index (χ0v) is 14.9. The van der Waals surface area contributed by atoms with Crippen molar-refractivity contribution in [3.8, 4) is 11.5 Å². The zero-order valence-electron chi connectivity index (χ0n) is 14.1. The summed E-state index contributed by atoms with van der Waals surface area (Å²) >= 11 is 1.46. The number of hydrogen-bond donors (Lipinski definition) is 1. The first-order valence-electron chi connectivity index (χ1n) is 8.20. The van der Waals surface area contributed by atoms with Crippen molar-refractivity contribution in [2.45, 2.75) is 6.92 Å². The highest BCUT2D eigenvalue weighted by Crippen LogP contribution is 2.30. The minimum absolute atomic E-state index is 0.242. The van der Waals surface area contributed by atoms with E-state index in [1.54, 1.807) is 12.1 Å². The zero-order chi connectivity index (χ0) is 17.9. The predicted molar refractivity (Wildman–Crippen MR) is 105 cm³/mol. The Kier molecular flexibility index (Phi) is 4.37. The van der Waals surface area contributed by atoms with Crippen LogP contribution < -0.4 is 10.1 Å². The lowest BCUT2D eigenvalue weighted by molar-refractivity contribution is 0.102. The molecule has 5 heteroatoms.